The van der Waals surface area contributed by atoms with Crippen molar-refractivity contribution in [3.63, 3.8) is 0 Å². The van der Waals surface area contributed by atoms with Crippen LogP contribution in [-0.2, 0) is 23.9 Å². The summed E-state index contributed by atoms with van der Waals surface area (Å²) in [5.41, 5.74) is -0.00543. The molecule has 1 atom stereocenters. The molecule has 88 valence electrons. The van der Waals surface area contributed by atoms with E-state index in [1.54, 1.807) is 6.92 Å². The van der Waals surface area contributed by atoms with Crippen molar-refractivity contribution in [3.05, 3.63) is 12.2 Å². The van der Waals surface area contributed by atoms with E-state index >= 15 is 0 Å². The van der Waals surface area contributed by atoms with Crippen LogP contribution in [0.15, 0.2) is 17.1 Å². The third kappa shape index (κ3) is 5.72. The topological polar surface area (TPSA) is 82.0 Å². The Labute approximate surface area is 92.9 Å². The number of carbonyl (C=O) groups excluding carboxylic acids is 3. The summed E-state index contributed by atoms with van der Waals surface area (Å²) >= 11 is 0. The minimum Gasteiger partial charge on any atom is -0.463 e. The number of hydrogen-bond donors (Lipinski definition) is 0. The van der Waals surface area contributed by atoms with Crippen LogP contribution >= 0.6 is 0 Å². The molecular formula is C10H13NO5. The molecule has 0 rings (SSSR count). The van der Waals surface area contributed by atoms with E-state index in [0.717, 1.165) is 0 Å². The maximum Gasteiger partial charge on any atom is 0.333 e. The van der Waals surface area contributed by atoms with Crippen molar-refractivity contribution in [2.24, 2.45) is 4.99 Å². The average Bonchev–Trinajstić information content (AvgIpc) is 2.17. The largest absolute Gasteiger partial charge is 0.463 e. The molecule has 0 radical (unpaired) electrons. The SMILES string of the molecule is C=C(CC(=O)OC(C)N=C=O)C(=O)OCC. The number of carbonyl (C=O) groups is 2. The normalized spacial score (nSPS) is 10.9. The van der Waals surface area contributed by atoms with E-state index in [0.29, 0.717) is 0 Å². The van der Waals surface area contributed by atoms with Gasteiger partial charge in [0.15, 0.2) is 0 Å². The van der Waals surface area contributed by atoms with Crippen LogP contribution in [0.3, 0.4) is 0 Å². The maximum atomic E-state index is 11.2. The molecule has 0 aromatic rings. The summed E-state index contributed by atoms with van der Waals surface area (Å²) in [6.45, 7) is 6.63. The lowest BCUT2D eigenvalue weighted by molar-refractivity contribution is -0.149. The van der Waals surface area contributed by atoms with Gasteiger partial charge in [-0.2, -0.15) is 4.99 Å². The first-order valence-corrected chi connectivity index (χ1v) is 4.62. The average molecular weight is 227 g/mol. The molecule has 0 aromatic carbocycles. The number of aliphatic imine (C=N–C) groups is 1. The molecule has 0 aliphatic heterocycles. The summed E-state index contributed by atoms with van der Waals surface area (Å²) in [5, 5.41) is 0. The molecule has 16 heavy (non-hydrogen) atoms. The number of hydrogen-bond acceptors (Lipinski definition) is 6. The third-order valence-corrected chi connectivity index (χ3v) is 1.46. The van der Waals surface area contributed by atoms with Gasteiger partial charge in [0.1, 0.15) is 0 Å². The fourth-order valence-electron chi connectivity index (χ4n) is 0.812. The van der Waals surface area contributed by atoms with Crippen molar-refractivity contribution in [1.82, 2.24) is 0 Å². The Balaban J connectivity index is 4.10. The summed E-state index contributed by atoms with van der Waals surface area (Å²) < 4.78 is 9.28. The van der Waals surface area contributed by atoms with E-state index in [2.05, 4.69) is 21.0 Å². The Morgan fingerprint density at radius 1 is 1.50 bits per heavy atom. The number of ether oxygens (including phenoxy) is 2. The van der Waals surface area contributed by atoms with E-state index in [1.165, 1.54) is 13.0 Å². The van der Waals surface area contributed by atoms with Gasteiger partial charge in [-0.1, -0.05) is 6.58 Å². The van der Waals surface area contributed by atoms with Crippen LogP contribution in [0, 0.1) is 0 Å². The predicted molar refractivity (Wildman–Crippen MR) is 54.1 cm³/mol. The van der Waals surface area contributed by atoms with Crippen molar-refractivity contribution in [2.45, 2.75) is 26.5 Å². The Hall–Kier alpha value is -1.94. The van der Waals surface area contributed by atoms with Crippen LogP contribution in [0.4, 0.5) is 0 Å². The zero-order valence-electron chi connectivity index (χ0n) is 9.19. The Morgan fingerprint density at radius 2 is 2.12 bits per heavy atom. The molecule has 0 saturated carbocycles. The molecule has 0 aliphatic carbocycles. The Kier molecular flexibility index (Phi) is 6.47. The van der Waals surface area contributed by atoms with Gasteiger partial charge in [0.25, 0.3) is 0 Å². The number of nitrogens with zero attached hydrogens (tertiary/aromatic N) is 1. The van der Waals surface area contributed by atoms with Gasteiger partial charge in [0.2, 0.25) is 12.3 Å². The molecule has 0 fully saturated rings. The van der Waals surface area contributed by atoms with Crippen molar-refractivity contribution in [2.75, 3.05) is 6.61 Å². The van der Waals surface area contributed by atoms with E-state index in [-0.39, 0.29) is 18.6 Å². The minimum absolute atomic E-state index is 0.00543. The minimum atomic E-state index is -0.917. The van der Waals surface area contributed by atoms with Gasteiger partial charge >= 0.3 is 11.9 Å². The lowest BCUT2D eigenvalue weighted by Gasteiger charge is -2.08. The van der Waals surface area contributed by atoms with Crippen molar-refractivity contribution in [1.29, 1.82) is 0 Å². The predicted octanol–water partition coefficient (Wildman–Crippen LogP) is 0.721. The molecule has 6 nitrogen and oxygen atoms in total. The Bertz CT molecular complexity index is 330. The van der Waals surface area contributed by atoms with Gasteiger partial charge in [-0.25, -0.2) is 9.59 Å². The quantitative estimate of drug-likeness (QED) is 0.289. The molecule has 0 spiro atoms. The zero-order chi connectivity index (χ0) is 12.6. The standard InChI is InChI=1S/C10H13NO5/c1-4-15-10(14)7(2)5-9(13)16-8(3)11-6-12/h8H,2,4-5H2,1,3H3. The van der Waals surface area contributed by atoms with E-state index in [9.17, 15) is 14.4 Å². The second-order valence-electron chi connectivity index (χ2n) is 2.81. The van der Waals surface area contributed by atoms with E-state index in [1.807, 2.05) is 0 Å². The fraction of sp³-hybridized carbons (Fsp3) is 0.500. The molecule has 0 saturated heterocycles. The molecule has 6 heteroatoms. The summed E-state index contributed by atoms with van der Waals surface area (Å²) in [6.07, 6.45) is 0.0422. The second-order valence-corrected chi connectivity index (χ2v) is 2.81. The zero-order valence-corrected chi connectivity index (χ0v) is 9.19. The van der Waals surface area contributed by atoms with Crippen molar-refractivity contribution < 1.29 is 23.9 Å². The summed E-state index contributed by atoms with van der Waals surface area (Å²) in [5.74, 6) is -1.35. The molecular weight excluding hydrogens is 214 g/mol. The van der Waals surface area contributed by atoms with E-state index in [4.69, 9.17) is 0 Å². The highest BCUT2D eigenvalue weighted by Crippen LogP contribution is 2.05. The number of esters is 2. The van der Waals surface area contributed by atoms with Crippen molar-refractivity contribution >= 4 is 18.0 Å². The van der Waals surface area contributed by atoms with Crippen LogP contribution in [0.25, 0.3) is 0 Å². The maximum absolute atomic E-state index is 11.2. The Morgan fingerprint density at radius 3 is 2.62 bits per heavy atom. The highest BCUT2D eigenvalue weighted by molar-refractivity contribution is 5.93. The highest BCUT2D eigenvalue weighted by Gasteiger charge is 2.15. The van der Waals surface area contributed by atoms with Crippen LogP contribution in [0.2, 0.25) is 0 Å². The van der Waals surface area contributed by atoms with Gasteiger partial charge < -0.3 is 9.47 Å². The molecule has 0 bridgehead atoms. The van der Waals surface area contributed by atoms with Gasteiger partial charge in [-0.3, -0.25) is 4.79 Å². The van der Waals surface area contributed by atoms with Crippen molar-refractivity contribution in [3.8, 4) is 0 Å². The first-order valence-electron chi connectivity index (χ1n) is 4.62. The molecule has 0 aromatic heterocycles. The monoisotopic (exact) mass is 227 g/mol. The molecule has 0 N–H and O–H groups in total. The molecule has 0 aliphatic rings. The van der Waals surface area contributed by atoms with Crippen LogP contribution < -0.4 is 0 Å². The third-order valence-electron chi connectivity index (χ3n) is 1.46. The smallest absolute Gasteiger partial charge is 0.333 e. The van der Waals surface area contributed by atoms with Crippen LogP contribution in [-0.4, -0.2) is 30.9 Å². The lowest BCUT2D eigenvalue weighted by atomic mass is 10.2. The fourth-order valence-corrected chi connectivity index (χ4v) is 0.812. The number of isocyanates is 1. The highest BCUT2D eigenvalue weighted by atomic mass is 16.6. The van der Waals surface area contributed by atoms with Crippen LogP contribution in [0.1, 0.15) is 20.3 Å². The van der Waals surface area contributed by atoms with Crippen LogP contribution in [0.5, 0.6) is 0 Å². The second kappa shape index (κ2) is 7.36. The van der Waals surface area contributed by atoms with Gasteiger partial charge in [-0.05, 0) is 13.8 Å². The summed E-state index contributed by atoms with van der Waals surface area (Å²) in [4.78, 5) is 35.2. The molecule has 0 amide bonds. The molecule has 1 unspecified atom stereocenters. The van der Waals surface area contributed by atoms with Gasteiger partial charge in [0.05, 0.1) is 13.0 Å². The first-order chi connectivity index (χ1) is 7.51. The molecule has 0 heterocycles. The first kappa shape index (κ1) is 14.1. The van der Waals surface area contributed by atoms with Gasteiger partial charge in [-0.15, -0.1) is 0 Å². The summed E-state index contributed by atoms with van der Waals surface area (Å²) in [7, 11) is 0. The van der Waals surface area contributed by atoms with E-state index < -0.39 is 18.2 Å². The number of rotatable bonds is 6. The lowest BCUT2D eigenvalue weighted by Crippen LogP contribution is -2.16. The van der Waals surface area contributed by atoms with Gasteiger partial charge in [0, 0.05) is 5.57 Å². The summed E-state index contributed by atoms with van der Waals surface area (Å²) in [6, 6.07) is 0.